The number of carbonyl (C=O) groups excluding carboxylic acids is 2. The zero-order chi connectivity index (χ0) is 25.5. The summed E-state index contributed by atoms with van der Waals surface area (Å²) in [4.78, 5) is 24.8. The molecule has 0 saturated heterocycles. The Balaban J connectivity index is 1.32. The molecule has 1 unspecified atom stereocenters. The molecule has 188 valence electrons. The van der Waals surface area contributed by atoms with E-state index in [4.69, 9.17) is 4.74 Å². The second-order valence-corrected chi connectivity index (χ2v) is 10.4. The maximum Gasteiger partial charge on any atom is 0.416 e. The van der Waals surface area contributed by atoms with Gasteiger partial charge in [0.25, 0.3) is 5.91 Å². The first-order valence-corrected chi connectivity index (χ1v) is 11.6. The summed E-state index contributed by atoms with van der Waals surface area (Å²) in [6, 6.07) is 8.36. The second kappa shape index (κ2) is 9.17. The van der Waals surface area contributed by atoms with Crippen molar-refractivity contribution in [3.05, 3.63) is 65.0 Å². The van der Waals surface area contributed by atoms with Gasteiger partial charge in [0.15, 0.2) is 0 Å². The monoisotopic (exact) mass is 492 g/mol. The Bertz CT molecular complexity index is 1110. The van der Waals surface area contributed by atoms with Gasteiger partial charge >= 0.3 is 12.3 Å². The number of carbonyl (C=O) groups is 2. The highest BCUT2D eigenvalue weighted by Gasteiger charge is 2.44. The van der Waals surface area contributed by atoms with E-state index in [2.05, 4.69) is 31.4 Å². The minimum atomic E-state index is -4.68. The summed E-state index contributed by atoms with van der Waals surface area (Å²) in [5.41, 5.74) is -0.658. The number of alkyl halides is 3. The summed E-state index contributed by atoms with van der Waals surface area (Å²) in [6.07, 6.45) is -2.33. The number of benzene rings is 2. The van der Waals surface area contributed by atoms with Crippen molar-refractivity contribution in [1.82, 2.24) is 5.32 Å². The Morgan fingerprint density at radius 1 is 1.03 bits per heavy atom. The SMILES string of the molecule is CC(C)(C)C(OC(=O)N[C@@H]1C[C@H]1c1ccc(NC(=O)c2cc(C(F)(F)F)ccc2F)cc1)C1CC1. The van der Waals surface area contributed by atoms with Crippen LogP contribution in [0.5, 0.6) is 0 Å². The largest absolute Gasteiger partial charge is 0.445 e. The summed E-state index contributed by atoms with van der Waals surface area (Å²) in [5.74, 6) is -1.49. The van der Waals surface area contributed by atoms with Gasteiger partial charge in [-0.25, -0.2) is 9.18 Å². The van der Waals surface area contributed by atoms with Crippen LogP contribution in [0.2, 0.25) is 0 Å². The number of ether oxygens (including phenoxy) is 1. The fourth-order valence-corrected chi connectivity index (χ4v) is 4.29. The van der Waals surface area contributed by atoms with Gasteiger partial charge in [-0.15, -0.1) is 0 Å². The Kier molecular flexibility index (Phi) is 6.55. The predicted octanol–water partition coefficient (Wildman–Crippen LogP) is 6.50. The van der Waals surface area contributed by atoms with Crippen molar-refractivity contribution in [2.45, 2.75) is 64.3 Å². The number of halogens is 4. The highest BCUT2D eigenvalue weighted by molar-refractivity contribution is 6.04. The molecule has 5 nitrogen and oxygen atoms in total. The zero-order valence-corrected chi connectivity index (χ0v) is 19.7. The number of alkyl carbamates (subject to hydrolysis) is 1. The molecule has 2 N–H and O–H groups in total. The molecular formula is C26H28F4N2O3. The maximum absolute atomic E-state index is 14.0. The van der Waals surface area contributed by atoms with Crippen LogP contribution < -0.4 is 10.6 Å². The molecular weight excluding hydrogens is 464 g/mol. The molecule has 0 spiro atoms. The average Bonchev–Trinajstić information content (AvgIpc) is 3.67. The first kappa shape index (κ1) is 25.0. The summed E-state index contributed by atoms with van der Waals surface area (Å²) < 4.78 is 58.3. The van der Waals surface area contributed by atoms with Gasteiger partial charge in [0.2, 0.25) is 0 Å². The minimum absolute atomic E-state index is 0.0537. The van der Waals surface area contributed by atoms with Gasteiger partial charge < -0.3 is 15.4 Å². The second-order valence-electron chi connectivity index (χ2n) is 10.4. The lowest BCUT2D eigenvalue weighted by molar-refractivity contribution is -0.137. The first-order chi connectivity index (χ1) is 16.3. The van der Waals surface area contributed by atoms with Gasteiger partial charge in [-0.3, -0.25) is 4.79 Å². The molecule has 2 saturated carbocycles. The smallest absolute Gasteiger partial charge is 0.416 e. The molecule has 35 heavy (non-hydrogen) atoms. The van der Waals surface area contributed by atoms with Crippen LogP contribution in [0, 0.1) is 17.2 Å². The molecule has 4 rings (SSSR count). The fourth-order valence-electron chi connectivity index (χ4n) is 4.29. The van der Waals surface area contributed by atoms with Crippen molar-refractivity contribution in [2.75, 3.05) is 5.32 Å². The summed E-state index contributed by atoms with van der Waals surface area (Å²) >= 11 is 0. The molecule has 0 heterocycles. The molecule has 3 atom stereocenters. The van der Waals surface area contributed by atoms with Gasteiger partial charge in [-0.05, 0) is 66.5 Å². The van der Waals surface area contributed by atoms with Gasteiger partial charge in [0.1, 0.15) is 11.9 Å². The number of amides is 2. The Labute approximate surface area is 201 Å². The fraction of sp³-hybridized carbons (Fsp3) is 0.462. The lowest BCUT2D eigenvalue weighted by atomic mass is 9.86. The molecule has 2 fully saturated rings. The van der Waals surface area contributed by atoms with E-state index in [9.17, 15) is 27.2 Å². The van der Waals surface area contributed by atoms with Crippen molar-refractivity contribution >= 4 is 17.7 Å². The van der Waals surface area contributed by atoms with E-state index in [1.165, 1.54) is 0 Å². The third kappa shape index (κ3) is 6.13. The van der Waals surface area contributed by atoms with E-state index >= 15 is 0 Å². The van der Waals surface area contributed by atoms with E-state index in [-0.39, 0.29) is 23.5 Å². The molecule has 0 aliphatic heterocycles. The quantitative estimate of drug-likeness (QED) is 0.452. The van der Waals surface area contributed by atoms with Crippen molar-refractivity contribution in [2.24, 2.45) is 11.3 Å². The lowest BCUT2D eigenvalue weighted by Gasteiger charge is -2.30. The van der Waals surface area contributed by atoms with E-state index in [0.717, 1.165) is 24.8 Å². The molecule has 2 aromatic rings. The Hall–Kier alpha value is -3.10. The summed E-state index contributed by atoms with van der Waals surface area (Å²) in [7, 11) is 0. The van der Waals surface area contributed by atoms with Gasteiger partial charge in [-0.2, -0.15) is 13.2 Å². The molecule has 0 radical (unpaired) electrons. The highest BCUT2D eigenvalue weighted by atomic mass is 19.4. The van der Waals surface area contributed by atoms with Gasteiger partial charge in [-0.1, -0.05) is 32.9 Å². The van der Waals surface area contributed by atoms with Crippen LogP contribution >= 0.6 is 0 Å². The van der Waals surface area contributed by atoms with Crippen LogP contribution in [0.25, 0.3) is 0 Å². The summed E-state index contributed by atoms with van der Waals surface area (Å²) in [6.45, 7) is 6.18. The molecule has 2 aliphatic carbocycles. The Morgan fingerprint density at radius 3 is 2.26 bits per heavy atom. The normalized spacial score (nSPS) is 20.7. The number of anilines is 1. The number of nitrogens with one attached hydrogen (secondary N) is 2. The molecule has 0 aromatic heterocycles. The topological polar surface area (TPSA) is 67.4 Å². The molecule has 0 bridgehead atoms. The van der Waals surface area contributed by atoms with Crippen LogP contribution in [0.4, 0.5) is 28.0 Å². The standard InChI is InChI=1S/C26H28F4N2O3/c1-25(2,3)22(15-4-5-15)35-24(34)32-21-13-18(21)14-6-9-17(10-7-14)31-23(33)19-12-16(26(28,29)30)8-11-20(19)27/h6-12,15,18,21-22H,4-5,13H2,1-3H3,(H,31,33)(H,32,34)/t18-,21+,22?/m0/s1. The number of hydrogen-bond acceptors (Lipinski definition) is 3. The van der Waals surface area contributed by atoms with Crippen LogP contribution in [0.1, 0.15) is 67.4 Å². The van der Waals surface area contributed by atoms with Crippen molar-refractivity contribution in [1.29, 1.82) is 0 Å². The van der Waals surface area contributed by atoms with Crippen LogP contribution in [-0.4, -0.2) is 24.1 Å². The van der Waals surface area contributed by atoms with Crippen LogP contribution in [-0.2, 0) is 10.9 Å². The van der Waals surface area contributed by atoms with Crippen LogP contribution in [0.3, 0.4) is 0 Å². The van der Waals surface area contributed by atoms with Crippen molar-refractivity contribution in [3.63, 3.8) is 0 Å². The zero-order valence-electron chi connectivity index (χ0n) is 19.7. The molecule has 2 aliphatic rings. The number of hydrogen-bond donors (Lipinski definition) is 2. The highest BCUT2D eigenvalue weighted by Crippen LogP contribution is 2.44. The molecule has 2 amide bonds. The maximum atomic E-state index is 14.0. The van der Waals surface area contributed by atoms with E-state index in [0.29, 0.717) is 29.8 Å². The van der Waals surface area contributed by atoms with Crippen molar-refractivity contribution < 1.29 is 31.9 Å². The van der Waals surface area contributed by atoms with Crippen LogP contribution in [0.15, 0.2) is 42.5 Å². The van der Waals surface area contributed by atoms with E-state index < -0.39 is 35.1 Å². The lowest BCUT2D eigenvalue weighted by Crippen LogP contribution is -2.38. The van der Waals surface area contributed by atoms with Crippen molar-refractivity contribution in [3.8, 4) is 0 Å². The third-order valence-electron chi connectivity index (χ3n) is 6.37. The number of rotatable bonds is 6. The minimum Gasteiger partial charge on any atom is -0.445 e. The molecule has 2 aromatic carbocycles. The van der Waals surface area contributed by atoms with Gasteiger partial charge in [0.05, 0.1) is 11.1 Å². The van der Waals surface area contributed by atoms with Gasteiger partial charge in [0, 0.05) is 17.6 Å². The Morgan fingerprint density at radius 2 is 1.69 bits per heavy atom. The molecule has 9 heteroatoms. The third-order valence-corrected chi connectivity index (χ3v) is 6.37. The first-order valence-electron chi connectivity index (χ1n) is 11.6. The van der Waals surface area contributed by atoms with E-state index in [1.54, 1.807) is 24.3 Å². The average molecular weight is 493 g/mol. The predicted molar refractivity (Wildman–Crippen MR) is 123 cm³/mol. The van der Waals surface area contributed by atoms with E-state index in [1.807, 2.05) is 0 Å². The summed E-state index contributed by atoms with van der Waals surface area (Å²) in [5, 5.41) is 5.34.